The van der Waals surface area contributed by atoms with E-state index in [-0.39, 0.29) is 5.92 Å². The Morgan fingerprint density at radius 2 is 2.15 bits per heavy atom. The largest absolute Gasteiger partial charge is 0.465 e. The van der Waals surface area contributed by atoms with Gasteiger partial charge < -0.3 is 14.9 Å². The molecule has 5 heteroatoms. The maximum Gasteiger partial charge on any atom is 0.350 e. The Bertz CT molecular complexity index is 625. The number of nitrogen functional groups attached to an aromatic ring is 1. The molecule has 0 fully saturated rings. The van der Waals surface area contributed by atoms with E-state index >= 15 is 0 Å². The molecule has 2 heterocycles. The predicted octanol–water partition coefficient (Wildman–Crippen LogP) is 4.06. The van der Waals surface area contributed by atoms with Gasteiger partial charge in [0.25, 0.3) is 0 Å². The molecule has 0 saturated carbocycles. The Balaban J connectivity index is 2.59. The second-order valence-electron chi connectivity index (χ2n) is 4.85. The summed E-state index contributed by atoms with van der Waals surface area (Å²) in [6.45, 7) is 6.13. The first kappa shape index (κ1) is 14.7. The third-order valence-electron chi connectivity index (χ3n) is 3.17. The van der Waals surface area contributed by atoms with Gasteiger partial charge in [-0.2, -0.15) is 0 Å². The summed E-state index contributed by atoms with van der Waals surface area (Å²) in [5, 5.41) is 0. The fourth-order valence-corrected chi connectivity index (χ4v) is 3.40. The first-order valence-electron chi connectivity index (χ1n) is 6.59. The van der Waals surface area contributed by atoms with Crippen LogP contribution in [0, 0.1) is 0 Å². The lowest BCUT2D eigenvalue weighted by Gasteiger charge is -2.07. The van der Waals surface area contributed by atoms with Crippen molar-refractivity contribution in [3.63, 3.8) is 0 Å². The molecule has 0 aliphatic heterocycles. The molecule has 0 spiro atoms. The lowest BCUT2D eigenvalue weighted by Crippen LogP contribution is -2.03. The molecule has 2 aromatic rings. The third-order valence-corrected chi connectivity index (χ3v) is 4.38. The van der Waals surface area contributed by atoms with Gasteiger partial charge in [-0.05, 0) is 18.1 Å². The number of aryl methyl sites for hydroxylation is 1. The second kappa shape index (κ2) is 5.71. The molecule has 0 bridgehead atoms. The normalized spacial score (nSPS) is 11.1. The maximum atomic E-state index is 11.8. The number of esters is 1. The summed E-state index contributed by atoms with van der Waals surface area (Å²) in [6, 6.07) is 3.88. The van der Waals surface area contributed by atoms with E-state index in [2.05, 4.69) is 0 Å². The molecule has 2 aromatic heterocycles. The highest BCUT2D eigenvalue weighted by molar-refractivity contribution is 7.18. The van der Waals surface area contributed by atoms with Crippen LogP contribution in [0.15, 0.2) is 16.5 Å². The highest BCUT2D eigenvalue weighted by Gasteiger charge is 2.25. The number of carbonyl (C=O) groups excluding carboxylic acids is 1. The molecule has 0 aliphatic rings. The van der Waals surface area contributed by atoms with Crippen molar-refractivity contribution in [2.24, 2.45) is 0 Å². The molecule has 2 N–H and O–H groups in total. The fourth-order valence-electron chi connectivity index (χ4n) is 2.15. The van der Waals surface area contributed by atoms with Crippen LogP contribution in [0.25, 0.3) is 10.6 Å². The van der Waals surface area contributed by atoms with E-state index in [9.17, 15) is 4.79 Å². The van der Waals surface area contributed by atoms with Gasteiger partial charge in [0.15, 0.2) is 0 Å². The number of nitrogens with two attached hydrogens (primary N) is 1. The van der Waals surface area contributed by atoms with Crippen molar-refractivity contribution in [3.8, 4) is 10.6 Å². The number of furan rings is 1. The lowest BCUT2D eigenvalue weighted by atomic mass is 10.0. The van der Waals surface area contributed by atoms with Crippen molar-refractivity contribution in [1.82, 2.24) is 0 Å². The van der Waals surface area contributed by atoms with Crippen LogP contribution in [0.5, 0.6) is 0 Å². The molecule has 0 amide bonds. The molecular weight excluding hydrogens is 274 g/mol. The Labute approximate surface area is 122 Å². The minimum absolute atomic E-state index is 0.204. The summed E-state index contributed by atoms with van der Waals surface area (Å²) in [7, 11) is 1.36. The standard InChI is InChI=1S/C15H19NO3S/c1-5-9-6-7-10(19-9)13-11(8(2)3)12(16)14(20-13)15(17)18-4/h6-8H,5,16H2,1-4H3. The fraction of sp³-hybridized carbons (Fsp3) is 0.400. The van der Waals surface area contributed by atoms with E-state index in [0.717, 1.165) is 28.4 Å². The van der Waals surface area contributed by atoms with Gasteiger partial charge in [-0.15, -0.1) is 11.3 Å². The molecule has 4 nitrogen and oxygen atoms in total. The third kappa shape index (κ3) is 2.45. The first-order chi connectivity index (χ1) is 9.49. The van der Waals surface area contributed by atoms with Crippen LogP contribution in [0.3, 0.4) is 0 Å². The molecule has 108 valence electrons. The van der Waals surface area contributed by atoms with Gasteiger partial charge in [-0.1, -0.05) is 20.8 Å². The number of ether oxygens (including phenoxy) is 1. The Kier molecular flexibility index (Phi) is 4.18. The summed E-state index contributed by atoms with van der Waals surface area (Å²) < 4.78 is 10.6. The van der Waals surface area contributed by atoms with E-state index in [1.807, 2.05) is 32.9 Å². The number of hydrogen-bond acceptors (Lipinski definition) is 5. The highest BCUT2D eigenvalue weighted by Crippen LogP contribution is 2.43. The van der Waals surface area contributed by atoms with Gasteiger partial charge >= 0.3 is 5.97 Å². The Morgan fingerprint density at radius 1 is 1.45 bits per heavy atom. The number of hydrogen-bond donors (Lipinski definition) is 1. The second-order valence-corrected chi connectivity index (χ2v) is 5.87. The quantitative estimate of drug-likeness (QED) is 0.863. The van der Waals surface area contributed by atoms with Crippen LogP contribution in [-0.4, -0.2) is 13.1 Å². The van der Waals surface area contributed by atoms with Gasteiger partial charge in [0.2, 0.25) is 0 Å². The van der Waals surface area contributed by atoms with Crippen LogP contribution in [-0.2, 0) is 11.2 Å². The zero-order valence-electron chi connectivity index (χ0n) is 12.1. The molecule has 0 atom stereocenters. The number of anilines is 1. The average Bonchev–Trinajstić information content (AvgIpc) is 3.01. The summed E-state index contributed by atoms with van der Waals surface area (Å²) in [4.78, 5) is 13.2. The van der Waals surface area contributed by atoms with Gasteiger partial charge in [0.1, 0.15) is 16.4 Å². The van der Waals surface area contributed by atoms with E-state index < -0.39 is 5.97 Å². The summed E-state index contributed by atoms with van der Waals surface area (Å²) in [5.41, 5.74) is 7.58. The lowest BCUT2D eigenvalue weighted by molar-refractivity contribution is 0.0607. The zero-order valence-corrected chi connectivity index (χ0v) is 13.0. The van der Waals surface area contributed by atoms with E-state index in [4.69, 9.17) is 14.9 Å². The number of thiophene rings is 1. The summed E-state index contributed by atoms with van der Waals surface area (Å²) in [5.74, 6) is 1.48. The van der Waals surface area contributed by atoms with E-state index in [1.54, 1.807) is 0 Å². The Morgan fingerprint density at radius 3 is 2.65 bits per heavy atom. The van der Waals surface area contributed by atoms with Gasteiger partial charge in [-0.25, -0.2) is 4.79 Å². The van der Waals surface area contributed by atoms with Crippen molar-refractivity contribution in [2.45, 2.75) is 33.1 Å². The molecule has 0 aromatic carbocycles. The minimum Gasteiger partial charge on any atom is -0.465 e. The van der Waals surface area contributed by atoms with Crippen LogP contribution >= 0.6 is 11.3 Å². The zero-order chi connectivity index (χ0) is 14.9. The van der Waals surface area contributed by atoms with E-state index in [0.29, 0.717) is 10.6 Å². The van der Waals surface area contributed by atoms with Crippen molar-refractivity contribution in [3.05, 3.63) is 28.3 Å². The molecule has 2 rings (SSSR count). The first-order valence-corrected chi connectivity index (χ1v) is 7.40. The molecule has 0 unspecified atom stereocenters. The topological polar surface area (TPSA) is 65.5 Å². The van der Waals surface area contributed by atoms with E-state index in [1.165, 1.54) is 18.4 Å². The number of rotatable bonds is 4. The van der Waals surface area contributed by atoms with Gasteiger partial charge in [-0.3, -0.25) is 0 Å². The van der Waals surface area contributed by atoms with Crippen LogP contribution in [0.2, 0.25) is 0 Å². The van der Waals surface area contributed by atoms with Crippen LogP contribution in [0.1, 0.15) is 47.7 Å². The van der Waals surface area contributed by atoms with Crippen LogP contribution in [0.4, 0.5) is 5.69 Å². The summed E-state index contributed by atoms with van der Waals surface area (Å²) in [6.07, 6.45) is 0.835. The van der Waals surface area contributed by atoms with Crippen molar-refractivity contribution in [2.75, 3.05) is 12.8 Å². The van der Waals surface area contributed by atoms with Crippen molar-refractivity contribution in [1.29, 1.82) is 0 Å². The molecule has 0 saturated heterocycles. The smallest absolute Gasteiger partial charge is 0.350 e. The number of carbonyl (C=O) groups is 1. The highest BCUT2D eigenvalue weighted by atomic mass is 32.1. The van der Waals surface area contributed by atoms with Gasteiger partial charge in [0.05, 0.1) is 17.7 Å². The van der Waals surface area contributed by atoms with Gasteiger partial charge in [0, 0.05) is 12.0 Å². The minimum atomic E-state index is -0.400. The van der Waals surface area contributed by atoms with Crippen LogP contribution < -0.4 is 5.73 Å². The van der Waals surface area contributed by atoms with Crippen molar-refractivity contribution < 1.29 is 13.9 Å². The monoisotopic (exact) mass is 293 g/mol. The molecule has 0 aliphatic carbocycles. The predicted molar refractivity (Wildman–Crippen MR) is 81.2 cm³/mol. The molecular formula is C15H19NO3S. The summed E-state index contributed by atoms with van der Waals surface area (Å²) >= 11 is 1.33. The number of methoxy groups -OCH3 is 1. The molecule has 0 radical (unpaired) electrons. The van der Waals surface area contributed by atoms with Crippen molar-refractivity contribution >= 4 is 23.0 Å². The Hall–Kier alpha value is -1.75. The maximum absolute atomic E-state index is 11.8. The molecule has 20 heavy (non-hydrogen) atoms. The SMILES string of the molecule is CCc1ccc(-c2sc(C(=O)OC)c(N)c2C(C)C)o1. The average molecular weight is 293 g/mol.